The fourth-order valence-corrected chi connectivity index (χ4v) is 1.80. The molecule has 0 bridgehead atoms. The molecule has 2 atom stereocenters. The van der Waals surface area contributed by atoms with Crippen LogP contribution in [0.3, 0.4) is 0 Å². The van der Waals surface area contributed by atoms with E-state index >= 15 is 0 Å². The molecule has 0 fully saturated rings. The number of phenolic OH excluding ortho intramolecular Hbond substituents is 1. The van der Waals surface area contributed by atoms with Crippen LogP contribution in [0.1, 0.15) is 31.4 Å². The van der Waals surface area contributed by atoms with E-state index in [4.69, 9.17) is 15.2 Å². The summed E-state index contributed by atoms with van der Waals surface area (Å²) in [5.41, 5.74) is 6.65. The van der Waals surface area contributed by atoms with Gasteiger partial charge in [-0.25, -0.2) is 0 Å². The molecule has 1 rings (SSSR count). The third-order valence-corrected chi connectivity index (χ3v) is 2.89. The highest BCUT2D eigenvalue weighted by atomic mass is 35.5. The van der Waals surface area contributed by atoms with Gasteiger partial charge in [-0.1, -0.05) is 13.3 Å². The zero-order valence-corrected chi connectivity index (χ0v) is 12.2. The second-order valence-corrected chi connectivity index (χ2v) is 4.16. The monoisotopic (exact) mass is 291 g/mol. The number of methoxy groups -OCH3 is 2. The predicted octanol–water partition coefficient (Wildman–Crippen LogP) is 1.99. The second-order valence-electron chi connectivity index (χ2n) is 4.16. The largest absolute Gasteiger partial charge is 0.502 e. The molecule has 0 amide bonds. The summed E-state index contributed by atoms with van der Waals surface area (Å²) in [6, 6.07) is 2.69. The zero-order valence-electron chi connectivity index (χ0n) is 11.4. The van der Waals surface area contributed by atoms with Gasteiger partial charge in [0.25, 0.3) is 0 Å². The van der Waals surface area contributed by atoms with Gasteiger partial charge in [-0.2, -0.15) is 0 Å². The first kappa shape index (κ1) is 17.8. The fourth-order valence-electron chi connectivity index (χ4n) is 1.80. The molecular formula is C13H22ClNO4. The molecule has 0 spiro atoms. The number of ether oxygens (including phenoxy) is 2. The van der Waals surface area contributed by atoms with E-state index in [0.29, 0.717) is 12.0 Å². The summed E-state index contributed by atoms with van der Waals surface area (Å²) in [5, 5.41) is 19.7. The first-order valence-electron chi connectivity index (χ1n) is 5.93. The first-order valence-corrected chi connectivity index (χ1v) is 5.93. The molecule has 0 aliphatic rings. The van der Waals surface area contributed by atoms with Gasteiger partial charge >= 0.3 is 0 Å². The van der Waals surface area contributed by atoms with Crippen molar-refractivity contribution in [2.45, 2.75) is 31.9 Å². The Balaban J connectivity index is 0.00000324. The van der Waals surface area contributed by atoms with Crippen molar-refractivity contribution in [1.82, 2.24) is 0 Å². The third-order valence-electron chi connectivity index (χ3n) is 2.89. The highest BCUT2D eigenvalue weighted by Crippen LogP contribution is 2.38. The summed E-state index contributed by atoms with van der Waals surface area (Å²) in [4.78, 5) is 0. The predicted molar refractivity (Wildman–Crippen MR) is 76.3 cm³/mol. The maximum Gasteiger partial charge on any atom is 0.200 e. The van der Waals surface area contributed by atoms with Gasteiger partial charge in [-0.05, 0) is 24.1 Å². The normalized spacial score (nSPS) is 13.3. The van der Waals surface area contributed by atoms with Crippen LogP contribution in [0, 0.1) is 0 Å². The summed E-state index contributed by atoms with van der Waals surface area (Å²) >= 11 is 0. The number of aliphatic hydroxyl groups is 1. The van der Waals surface area contributed by atoms with Crippen LogP contribution in [-0.4, -0.2) is 30.5 Å². The van der Waals surface area contributed by atoms with Gasteiger partial charge in [0.1, 0.15) is 0 Å². The summed E-state index contributed by atoms with van der Waals surface area (Å²) in [6.07, 6.45) is 0.836. The van der Waals surface area contributed by atoms with Crippen molar-refractivity contribution >= 4 is 12.4 Å². The van der Waals surface area contributed by atoms with Crippen LogP contribution in [0.2, 0.25) is 0 Å². The van der Waals surface area contributed by atoms with Crippen molar-refractivity contribution in [3.8, 4) is 17.2 Å². The Morgan fingerprint density at radius 2 is 1.68 bits per heavy atom. The van der Waals surface area contributed by atoms with Crippen LogP contribution in [0.25, 0.3) is 0 Å². The zero-order chi connectivity index (χ0) is 13.7. The van der Waals surface area contributed by atoms with Gasteiger partial charge in [0.05, 0.1) is 26.4 Å². The topological polar surface area (TPSA) is 84.9 Å². The number of aliphatic hydroxyl groups excluding tert-OH is 1. The van der Waals surface area contributed by atoms with Gasteiger partial charge < -0.3 is 25.4 Å². The van der Waals surface area contributed by atoms with E-state index in [-0.39, 0.29) is 29.7 Å². The molecule has 0 heterocycles. The van der Waals surface area contributed by atoms with Crippen LogP contribution in [-0.2, 0) is 0 Å². The summed E-state index contributed by atoms with van der Waals surface area (Å²) in [6.45, 7) is 1.98. The molecule has 0 radical (unpaired) electrons. The van der Waals surface area contributed by atoms with Crippen molar-refractivity contribution in [2.24, 2.45) is 5.73 Å². The quantitative estimate of drug-likeness (QED) is 0.746. The molecule has 19 heavy (non-hydrogen) atoms. The highest BCUT2D eigenvalue weighted by molar-refractivity contribution is 5.85. The maximum atomic E-state index is 9.90. The fraction of sp³-hybridized carbons (Fsp3) is 0.538. The molecule has 0 aromatic heterocycles. The molecular weight excluding hydrogens is 270 g/mol. The van der Waals surface area contributed by atoms with Gasteiger partial charge in [0.2, 0.25) is 5.75 Å². The average molecular weight is 292 g/mol. The lowest BCUT2D eigenvalue weighted by Crippen LogP contribution is -2.26. The average Bonchev–Trinajstić information content (AvgIpc) is 2.38. The van der Waals surface area contributed by atoms with Gasteiger partial charge in [0, 0.05) is 0 Å². The molecule has 4 N–H and O–H groups in total. The van der Waals surface area contributed by atoms with Crippen molar-refractivity contribution in [3.05, 3.63) is 17.7 Å². The second kappa shape index (κ2) is 8.09. The van der Waals surface area contributed by atoms with Crippen LogP contribution in [0.15, 0.2) is 12.1 Å². The lowest BCUT2D eigenvalue weighted by molar-refractivity contribution is 0.134. The Kier molecular flexibility index (Phi) is 7.59. The number of aromatic hydroxyl groups is 1. The van der Waals surface area contributed by atoms with Crippen LogP contribution in [0.5, 0.6) is 17.2 Å². The Labute approximate surface area is 119 Å². The number of phenols is 1. The Morgan fingerprint density at radius 1 is 1.21 bits per heavy atom. The van der Waals surface area contributed by atoms with Gasteiger partial charge in [0.15, 0.2) is 11.5 Å². The third kappa shape index (κ3) is 4.16. The van der Waals surface area contributed by atoms with Gasteiger partial charge in [-0.3, -0.25) is 0 Å². The summed E-state index contributed by atoms with van der Waals surface area (Å²) < 4.78 is 10.1. The number of nitrogens with two attached hydrogens (primary N) is 1. The van der Waals surface area contributed by atoms with E-state index < -0.39 is 12.1 Å². The minimum Gasteiger partial charge on any atom is -0.502 e. The van der Waals surface area contributed by atoms with Crippen LogP contribution < -0.4 is 15.2 Å². The van der Waals surface area contributed by atoms with Crippen molar-refractivity contribution in [3.63, 3.8) is 0 Å². The number of benzene rings is 1. The lowest BCUT2D eigenvalue weighted by atomic mass is 9.98. The van der Waals surface area contributed by atoms with E-state index in [2.05, 4.69) is 0 Å². The smallest absolute Gasteiger partial charge is 0.200 e. The molecule has 110 valence electrons. The van der Waals surface area contributed by atoms with Gasteiger partial charge in [-0.15, -0.1) is 12.4 Å². The SMILES string of the molecule is CCC[C@H](O)[C@H](N)c1cc(OC)c(O)c(OC)c1.Cl. The van der Waals surface area contributed by atoms with E-state index in [0.717, 1.165) is 6.42 Å². The molecule has 1 aromatic rings. The molecule has 1 aromatic carbocycles. The van der Waals surface area contributed by atoms with E-state index in [9.17, 15) is 10.2 Å². The molecule has 5 nitrogen and oxygen atoms in total. The summed E-state index contributed by atoms with van der Waals surface area (Å²) in [5.74, 6) is 0.493. The van der Waals surface area contributed by atoms with Crippen molar-refractivity contribution in [2.75, 3.05) is 14.2 Å². The number of rotatable bonds is 6. The van der Waals surface area contributed by atoms with Crippen LogP contribution >= 0.6 is 12.4 Å². The molecule has 6 heteroatoms. The van der Waals surface area contributed by atoms with Crippen molar-refractivity contribution < 1.29 is 19.7 Å². The molecule has 0 saturated carbocycles. The Hall–Kier alpha value is -1.17. The van der Waals surface area contributed by atoms with E-state index in [1.165, 1.54) is 14.2 Å². The molecule has 0 aliphatic heterocycles. The molecule has 0 aliphatic carbocycles. The standard InChI is InChI=1S/C13H21NO4.ClH/c1-4-5-9(15)12(14)8-6-10(17-2)13(16)11(7-8)18-3;/h6-7,9,12,15-16H,4-5,14H2,1-3H3;1H/t9-,12+;/m0./s1. The Bertz CT molecular complexity index is 375. The maximum absolute atomic E-state index is 9.90. The van der Waals surface area contributed by atoms with Crippen molar-refractivity contribution in [1.29, 1.82) is 0 Å². The first-order chi connectivity index (χ1) is 8.54. The number of halogens is 1. The number of hydrogen-bond acceptors (Lipinski definition) is 5. The van der Waals surface area contributed by atoms with E-state index in [1.807, 2.05) is 6.92 Å². The van der Waals surface area contributed by atoms with E-state index in [1.54, 1.807) is 12.1 Å². The Morgan fingerprint density at radius 3 is 2.05 bits per heavy atom. The minimum atomic E-state index is -0.631. The highest BCUT2D eigenvalue weighted by Gasteiger charge is 2.20. The lowest BCUT2D eigenvalue weighted by Gasteiger charge is -2.20. The van der Waals surface area contributed by atoms with Crippen LogP contribution in [0.4, 0.5) is 0 Å². The molecule has 0 saturated heterocycles. The summed E-state index contributed by atoms with van der Waals surface area (Å²) in [7, 11) is 2.90. The number of hydrogen-bond donors (Lipinski definition) is 3. The minimum absolute atomic E-state index is 0. The molecule has 0 unspecified atom stereocenters.